The van der Waals surface area contributed by atoms with Crippen molar-refractivity contribution < 1.29 is 71.3 Å². The molecule has 302 valence electrons. The van der Waals surface area contributed by atoms with Crippen molar-refractivity contribution in [2.24, 2.45) is 0 Å². The van der Waals surface area contributed by atoms with E-state index >= 15 is 4.39 Å². The average molecular weight is 807 g/mol. The standard InChI is InChI=1S/C34H39FN6O14S/c1-8-39-9-10-40(30(49)29(39)48)32(51)37-24(20-11-22(53-17(3)44)23(12-21(20)35)54-18(4)45)27(46)38-26-28(47)41-25(31(50)55-33(5,6)7)19(13-52-16(2)43)14-56-34(26,41)36-15-42/h11-12,15,24,26H,8-10,13-14H2,1-7H3,(H,36,42)(H,37,51)(H,38,46)/t24?,26-,34?/m1/s1. The quantitative estimate of drug-likeness (QED) is 0.0810. The molecule has 3 atom stereocenters. The predicted molar refractivity (Wildman–Crippen MR) is 187 cm³/mol. The van der Waals surface area contributed by atoms with Gasteiger partial charge in [-0.1, -0.05) is 0 Å². The van der Waals surface area contributed by atoms with Crippen LogP contribution in [0.25, 0.3) is 0 Å². The van der Waals surface area contributed by atoms with Gasteiger partial charge in [-0.2, -0.15) is 0 Å². The van der Waals surface area contributed by atoms with Crippen LogP contribution < -0.4 is 25.4 Å². The van der Waals surface area contributed by atoms with Crippen LogP contribution in [0.1, 0.15) is 60.1 Å². The molecule has 0 saturated carbocycles. The number of halogens is 1. The van der Waals surface area contributed by atoms with Gasteiger partial charge >= 0.3 is 41.7 Å². The first-order valence-corrected chi connectivity index (χ1v) is 17.8. The summed E-state index contributed by atoms with van der Waals surface area (Å²) < 4.78 is 36.6. The number of carbonyl (C=O) groups excluding carboxylic acids is 10. The lowest BCUT2D eigenvalue weighted by molar-refractivity contribution is -0.166. The van der Waals surface area contributed by atoms with Crippen molar-refractivity contribution in [3.05, 3.63) is 34.8 Å². The van der Waals surface area contributed by atoms with E-state index in [-0.39, 0.29) is 43.1 Å². The number of amides is 7. The Kier molecular flexibility index (Phi) is 12.8. The number of nitrogens with zero attached hydrogens (tertiary/aromatic N) is 3. The zero-order chi connectivity index (χ0) is 41.9. The fraction of sp³-hybridized carbons (Fsp3) is 0.471. The number of nitrogens with one attached hydrogen (secondary N) is 3. The van der Waals surface area contributed by atoms with E-state index in [0.29, 0.717) is 11.0 Å². The summed E-state index contributed by atoms with van der Waals surface area (Å²) in [5, 5.41) is 6.97. The van der Waals surface area contributed by atoms with Crippen molar-refractivity contribution >= 4 is 71.7 Å². The summed E-state index contributed by atoms with van der Waals surface area (Å²) in [6, 6.07) is -3.90. The molecule has 0 bridgehead atoms. The molecule has 3 N–H and O–H groups in total. The van der Waals surface area contributed by atoms with Crippen LogP contribution in [0.3, 0.4) is 0 Å². The van der Waals surface area contributed by atoms with Gasteiger partial charge in [-0.05, 0) is 33.8 Å². The molecule has 1 aromatic rings. The number of rotatable bonds is 12. The van der Waals surface area contributed by atoms with Crippen LogP contribution in [0.4, 0.5) is 9.18 Å². The third kappa shape index (κ3) is 8.90. The largest absolute Gasteiger partial charge is 0.461 e. The molecule has 0 aliphatic carbocycles. The van der Waals surface area contributed by atoms with Crippen LogP contribution in [0, 0.1) is 5.82 Å². The summed E-state index contributed by atoms with van der Waals surface area (Å²) in [5.41, 5.74) is -2.07. The lowest BCUT2D eigenvalue weighted by atomic mass is 9.96. The van der Waals surface area contributed by atoms with Gasteiger partial charge in [-0.25, -0.2) is 14.0 Å². The first kappa shape index (κ1) is 42.7. The van der Waals surface area contributed by atoms with Crippen molar-refractivity contribution in [3.63, 3.8) is 0 Å². The van der Waals surface area contributed by atoms with Crippen molar-refractivity contribution in [2.75, 3.05) is 32.0 Å². The number of carbonyl (C=O) groups is 10. The number of ether oxygens (including phenoxy) is 4. The number of hydrogen-bond donors (Lipinski definition) is 3. The number of esters is 4. The Hall–Kier alpha value is -6.06. The van der Waals surface area contributed by atoms with Gasteiger partial charge in [0.2, 0.25) is 12.3 Å². The van der Waals surface area contributed by atoms with E-state index in [1.165, 1.54) is 4.90 Å². The Morgan fingerprint density at radius 1 is 0.982 bits per heavy atom. The van der Waals surface area contributed by atoms with Crippen LogP contribution >= 0.6 is 11.8 Å². The first-order valence-electron chi connectivity index (χ1n) is 16.9. The van der Waals surface area contributed by atoms with Crippen molar-refractivity contribution in [2.45, 2.75) is 71.1 Å². The van der Waals surface area contributed by atoms with E-state index in [1.54, 1.807) is 27.7 Å². The van der Waals surface area contributed by atoms with Crippen LogP contribution in [-0.2, 0) is 52.6 Å². The fourth-order valence-corrected chi connectivity index (χ4v) is 7.17. The molecule has 1 aromatic carbocycles. The second-order valence-corrected chi connectivity index (χ2v) is 14.5. The number of likely N-dealkylation sites (N-methyl/N-ethyl adjacent to an activating group) is 1. The molecule has 56 heavy (non-hydrogen) atoms. The zero-order valence-corrected chi connectivity index (χ0v) is 32.1. The van der Waals surface area contributed by atoms with E-state index in [4.69, 9.17) is 18.9 Å². The van der Waals surface area contributed by atoms with Gasteiger partial charge in [0.1, 0.15) is 29.8 Å². The predicted octanol–water partition coefficient (Wildman–Crippen LogP) is -0.250. The highest BCUT2D eigenvalue weighted by atomic mass is 32.2. The van der Waals surface area contributed by atoms with E-state index in [2.05, 4.69) is 16.0 Å². The smallest absolute Gasteiger partial charge is 0.355 e. The maximum absolute atomic E-state index is 15.9. The molecule has 22 heteroatoms. The summed E-state index contributed by atoms with van der Waals surface area (Å²) in [6.07, 6.45) is 0.186. The number of β-lactam (4-membered cyclic amide) rings is 1. The van der Waals surface area contributed by atoms with Gasteiger partial charge in [0.15, 0.2) is 22.5 Å². The molecule has 7 amide bonds. The highest BCUT2D eigenvalue weighted by molar-refractivity contribution is 8.01. The van der Waals surface area contributed by atoms with Crippen LogP contribution in [0.15, 0.2) is 23.4 Å². The summed E-state index contributed by atoms with van der Waals surface area (Å²) in [5.74, 6) is -10.9. The Labute approximate surface area is 322 Å². The number of urea groups is 1. The molecule has 0 radical (unpaired) electrons. The lowest BCUT2D eigenvalue weighted by Crippen LogP contribution is -2.83. The van der Waals surface area contributed by atoms with E-state index in [1.807, 2.05) is 0 Å². The van der Waals surface area contributed by atoms with Crippen LogP contribution in [-0.4, -0.2) is 123 Å². The number of benzene rings is 1. The molecule has 20 nitrogen and oxygen atoms in total. The van der Waals surface area contributed by atoms with Crippen molar-refractivity contribution in [1.82, 2.24) is 30.7 Å². The molecule has 3 aliphatic heterocycles. The third-order valence-electron chi connectivity index (χ3n) is 8.16. The topological polar surface area (TPSA) is 253 Å². The molecule has 0 aromatic heterocycles. The number of hydrogen-bond acceptors (Lipinski definition) is 15. The van der Waals surface area contributed by atoms with Gasteiger partial charge in [-0.3, -0.25) is 48.2 Å². The van der Waals surface area contributed by atoms with Gasteiger partial charge in [0, 0.05) is 63.4 Å². The third-order valence-corrected chi connectivity index (χ3v) is 9.63. The monoisotopic (exact) mass is 806 g/mol. The molecule has 2 fully saturated rings. The molecule has 0 spiro atoms. The molecule has 2 unspecified atom stereocenters. The maximum atomic E-state index is 15.9. The molecule has 3 heterocycles. The summed E-state index contributed by atoms with van der Waals surface area (Å²) >= 11 is 0.833. The van der Waals surface area contributed by atoms with Crippen molar-refractivity contribution in [1.29, 1.82) is 0 Å². The molecular formula is C34H39FN6O14S. The Balaban J connectivity index is 1.79. The molecule has 2 saturated heterocycles. The molecule has 3 aliphatic rings. The first-order chi connectivity index (χ1) is 26.1. The highest BCUT2D eigenvalue weighted by Crippen LogP contribution is 2.48. The SMILES string of the molecule is CCN1CCN(C(=O)NC(C(=O)N[C@@H]2C(=O)N3C(C(=O)OC(C)(C)C)=C(COC(C)=O)CSC23NC=O)c2cc(OC(C)=O)c(OC(C)=O)cc2F)C(=O)C1=O. The Morgan fingerprint density at radius 2 is 1.61 bits per heavy atom. The second kappa shape index (κ2) is 16.8. The minimum Gasteiger partial charge on any atom is -0.461 e. The summed E-state index contributed by atoms with van der Waals surface area (Å²) in [4.78, 5) is 129. The van der Waals surface area contributed by atoms with E-state index in [0.717, 1.165) is 43.5 Å². The lowest BCUT2D eigenvalue weighted by Gasteiger charge is -2.58. The van der Waals surface area contributed by atoms with Crippen molar-refractivity contribution in [3.8, 4) is 11.5 Å². The normalized spacial score (nSPS) is 19.9. The minimum absolute atomic E-state index is 0.0656. The van der Waals surface area contributed by atoms with Gasteiger partial charge < -0.3 is 39.8 Å². The second-order valence-electron chi connectivity index (χ2n) is 13.3. The summed E-state index contributed by atoms with van der Waals surface area (Å²) in [6.45, 7) is 8.67. The fourth-order valence-electron chi connectivity index (χ4n) is 5.79. The number of imide groups is 1. The van der Waals surface area contributed by atoms with E-state index < -0.39 is 106 Å². The van der Waals surface area contributed by atoms with E-state index in [9.17, 15) is 47.9 Å². The number of thioether (sulfide) groups is 1. The molecular weight excluding hydrogens is 767 g/mol. The maximum Gasteiger partial charge on any atom is 0.355 e. The Bertz CT molecular complexity index is 1930. The molecule has 4 rings (SSSR count). The van der Waals surface area contributed by atoms with Crippen LogP contribution in [0.2, 0.25) is 0 Å². The highest BCUT2D eigenvalue weighted by Gasteiger charge is 2.66. The minimum atomic E-state index is -2.18. The van der Waals surface area contributed by atoms with Gasteiger partial charge in [0.25, 0.3) is 5.91 Å². The van der Waals surface area contributed by atoms with Gasteiger partial charge in [0.05, 0.1) is 0 Å². The van der Waals surface area contributed by atoms with Crippen LogP contribution in [0.5, 0.6) is 11.5 Å². The summed E-state index contributed by atoms with van der Waals surface area (Å²) in [7, 11) is 0. The number of fused-ring (bicyclic) bond motifs is 1. The number of piperazine rings is 1. The van der Waals surface area contributed by atoms with Gasteiger partial charge in [-0.15, -0.1) is 11.8 Å². The average Bonchev–Trinajstić information content (AvgIpc) is 3.09. The zero-order valence-electron chi connectivity index (χ0n) is 31.3. The Morgan fingerprint density at radius 3 is 2.16 bits per heavy atom.